The third kappa shape index (κ3) is 3.36. The molecule has 5 heteroatoms. The fourth-order valence-corrected chi connectivity index (χ4v) is 2.58. The van der Waals surface area contributed by atoms with Crippen molar-refractivity contribution in [2.45, 2.75) is 39.7 Å². The Labute approximate surface area is 116 Å². The highest BCUT2D eigenvalue weighted by atomic mass is 79.9. The highest BCUT2D eigenvalue weighted by Crippen LogP contribution is 2.28. The van der Waals surface area contributed by atoms with Crippen LogP contribution in [-0.4, -0.2) is 17.1 Å². The number of H-pyrrole nitrogens is 1. The molecule has 1 heterocycles. The van der Waals surface area contributed by atoms with Crippen LogP contribution in [0.15, 0.2) is 4.47 Å². The molecule has 0 aliphatic carbocycles. The summed E-state index contributed by atoms with van der Waals surface area (Å²) >= 11 is 8.75. The molecule has 96 valence electrons. The quantitative estimate of drug-likeness (QED) is 0.838. The van der Waals surface area contributed by atoms with Crippen molar-refractivity contribution in [1.82, 2.24) is 9.97 Å². The molecule has 0 saturated carbocycles. The molecule has 1 aromatic rings. The van der Waals surface area contributed by atoms with Gasteiger partial charge in [-0.1, -0.05) is 39.9 Å². The summed E-state index contributed by atoms with van der Waals surface area (Å²) in [5, 5.41) is 0. The minimum atomic E-state index is -0.0534. The lowest BCUT2D eigenvalue weighted by Crippen LogP contribution is -2.15. The van der Waals surface area contributed by atoms with Crippen molar-refractivity contribution in [2.24, 2.45) is 5.92 Å². The molecule has 0 bridgehead atoms. The maximum Gasteiger partial charge on any atom is 0.144 e. The Morgan fingerprint density at radius 1 is 1.29 bits per heavy atom. The van der Waals surface area contributed by atoms with Gasteiger partial charge in [-0.25, -0.2) is 4.98 Å². The maximum atomic E-state index is 5.47. The lowest BCUT2D eigenvalue weighted by atomic mass is 10.1. The van der Waals surface area contributed by atoms with Crippen molar-refractivity contribution in [3.8, 4) is 0 Å². The first-order chi connectivity index (χ1) is 7.88. The van der Waals surface area contributed by atoms with E-state index in [1.807, 2.05) is 0 Å². The molecule has 0 spiro atoms. The van der Waals surface area contributed by atoms with Gasteiger partial charge in [0.25, 0.3) is 0 Å². The van der Waals surface area contributed by atoms with Crippen molar-refractivity contribution < 1.29 is 4.74 Å². The van der Waals surface area contributed by atoms with Gasteiger partial charge in [-0.3, -0.25) is 0 Å². The van der Waals surface area contributed by atoms with Crippen molar-refractivity contribution in [2.75, 3.05) is 7.11 Å². The molecule has 1 N–H and O–H groups in total. The van der Waals surface area contributed by atoms with Crippen LogP contribution in [0, 0.1) is 10.6 Å². The molecule has 1 unspecified atom stereocenters. The van der Waals surface area contributed by atoms with E-state index in [1.165, 1.54) is 0 Å². The van der Waals surface area contributed by atoms with Gasteiger partial charge in [0.15, 0.2) is 0 Å². The number of aromatic nitrogens is 2. The van der Waals surface area contributed by atoms with E-state index < -0.39 is 0 Å². The lowest BCUT2D eigenvalue weighted by Gasteiger charge is -2.20. The van der Waals surface area contributed by atoms with Crippen LogP contribution < -0.4 is 0 Å². The van der Waals surface area contributed by atoms with E-state index in [2.05, 4.69) is 53.6 Å². The van der Waals surface area contributed by atoms with E-state index in [-0.39, 0.29) is 6.10 Å². The van der Waals surface area contributed by atoms with Crippen LogP contribution >= 0.6 is 28.1 Å². The second-order valence-corrected chi connectivity index (χ2v) is 5.89. The zero-order valence-corrected chi connectivity index (χ0v) is 13.3. The summed E-state index contributed by atoms with van der Waals surface area (Å²) in [6.07, 6.45) is -0.0534. The average Bonchev–Trinajstić information content (AvgIpc) is 2.22. The average molecular weight is 319 g/mol. The van der Waals surface area contributed by atoms with Crippen LogP contribution in [0.1, 0.15) is 51.2 Å². The molecule has 1 rings (SSSR count). The molecular weight excluding hydrogens is 300 g/mol. The Morgan fingerprint density at radius 2 is 1.88 bits per heavy atom. The highest BCUT2D eigenvalue weighted by Gasteiger charge is 2.19. The Hall–Kier alpha value is -0.260. The second kappa shape index (κ2) is 6.07. The van der Waals surface area contributed by atoms with Crippen LogP contribution in [0.3, 0.4) is 0 Å². The molecule has 17 heavy (non-hydrogen) atoms. The summed E-state index contributed by atoms with van der Waals surface area (Å²) in [6, 6.07) is 0. The number of nitrogens with one attached hydrogen (secondary N) is 1. The molecule has 0 fully saturated rings. The first-order valence-corrected chi connectivity index (χ1v) is 6.91. The number of rotatable bonds is 4. The Kier molecular flexibility index (Phi) is 5.28. The molecule has 0 saturated heterocycles. The zero-order valence-electron chi connectivity index (χ0n) is 10.9. The Balaban J connectivity index is 3.32. The van der Waals surface area contributed by atoms with E-state index in [9.17, 15) is 0 Å². The molecule has 3 nitrogen and oxygen atoms in total. The number of halogens is 1. The van der Waals surface area contributed by atoms with Crippen molar-refractivity contribution >= 4 is 28.1 Å². The number of hydrogen-bond acceptors (Lipinski definition) is 3. The fraction of sp³-hybridized carbons (Fsp3) is 0.667. The summed E-state index contributed by atoms with van der Waals surface area (Å²) in [5.74, 6) is 1.51. The predicted molar refractivity (Wildman–Crippen MR) is 75.8 cm³/mol. The molecule has 1 atom stereocenters. The topological polar surface area (TPSA) is 37.9 Å². The molecule has 1 aromatic heterocycles. The van der Waals surface area contributed by atoms with Crippen molar-refractivity contribution in [1.29, 1.82) is 0 Å². The summed E-state index contributed by atoms with van der Waals surface area (Å²) in [7, 11) is 1.69. The standard InChI is InChI=1S/C12H19BrN2OS/c1-6(2)9-8(13)12(17)15-11(14-9)10(16-5)7(3)4/h6-7,10H,1-5H3,(H,14,15,17). The van der Waals surface area contributed by atoms with Gasteiger partial charge in [0.1, 0.15) is 16.6 Å². The fourth-order valence-electron chi connectivity index (χ4n) is 1.73. The van der Waals surface area contributed by atoms with Gasteiger partial charge in [-0.05, 0) is 27.8 Å². The van der Waals surface area contributed by atoms with Crippen LogP contribution in [-0.2, 0) is 4.74 Å². The number of methoxy groups -OCH3 is 1. The third-order valence-electron chi connectivity index (χ3n) is 2.62. The lowest BCUT2D eigenvalue weighted by molar-refractivity contribution is 0.0571. The van der Waals surface area contributed by atoms with Crippen molar-refractivity contribution in [3.63, 3.8) is 0 Å². The van der Waals surface area contributed by atoms with Gasteiger partial charge >= 0.3 is 0 Å². The van der Waals surface area contributed by atoms with E-state index in [0.29, 0.717) is 16.5 Å². The predicted octanol–water partition coefficient (Wildman–Crippen LogP) is 4.37. The minimum Gasteiger partial charge on any atom is -0.373 e. The number of ether oxygens (including phenoxy) is 1. The summed E-state index contributed by atoms with van der Waals surface area (Å²) < 4.78 is 6.94. The summed E-state index contributed by atoms with van der Waals surface area (Å²) in [5.41, 5.74) is 1.07. The van der Waals surface area contributed by atoms with E-state index in [1.54, 1.807) is 7.11 Å². The van der Waals surface area contributed by atoms with Gasteiger partial charge in [0, 0.05) is 12.8 Å². The van der Waals surface area contributed by atoms with Gasteiger partial charge in [-0.2, -0.15) is 0 Å². The largest absolute Gasteiger partial charge is 0.373 e. The van der Waals surface area contributed by atoms with Crippen LogP contribution in [0.25, 0.3) is 0 Å². The number of hydrogen-bond donors (Lipinski definition) is 1. The maximum absolute atomic E-state index is 5.47. The zero-order chi connectivity index (χ0) is 13.2. The van der Waals surface area contributed by atoms with Crippen molar-refractivity contribution in [3.05, 3.63) is 20.6 Å². The minimum absolute atomic E-state index is 0.0534. The monoisotopic (exact) mass is 318 g/mol. The van der Waals surface area contributed by atoms with Gasteiger partial charge < -0.3 is 9.72 Å². The smallest absolute Gasteiger partial charge is 0.144 e. The van der Waals surface area contributed by atoms with Crippen LogP contribution in [0.4, 0.5) is 0 Å². The second-order valence-electron chi connectivity index (χ2n) is 4.71. The number of aromatic amines is 1. The van der Waals surface area contributed by atoms with Gasteiger partial charge in [-0.15, -0.1) is 0 Å². The Morgan fingerprint density at radius 3 is 2.29 bits per heavy atom. The molecule has 0 aromatic carbocycles. The van der Waals surface area contributed by atoms with E-state index in [4.69, 9.17) is 17.0 Å². The molecule has 0 amide bonds. The van der Waals surface area contributed by atoms with E-state index in [0.717, 1.165) is 16.0 Å². The number of nitrogens with zero attached hydrogens (tertiary/aromatic N) is 1. The van der Waals surface area contributed by atoms with Crippen LogP contribution in [0.5, 0.6) is 0 Å². The van der Waals surface area contributed by atoms with Gasteiger partial charge in [0.2, 0.25) is 0 Å². The normalized spacial score (nSPS) is 13.4. The summed E-state index contributed by atoms with van der Waals surface area (Å²) in [4.78, 5) is 7.73. The highest BCUT2D eigenvalue weighted by molar-refractivity contribution is 9.10. The molecular formula is C12H19BrN2OS. The SMILES string of the molecule is COC(c1nc(=S)c(Br)c(C(C)C)[nH]1)C(C)C. The third-order valence-corrected chi connectivity index (χ3v) is 3.98. The molecule has 0 aliphatic rings. The first kappa shape index (κ1) is 14.8. The van der Waals surface area contributed by atoms with E-state index >= 15 is 0 Å². The molecule has 0 aliphatic heterocycles. The van der Waals surface area contributed by atoms with Crippen LogP contribution in [0.2, 0.25) is 0 Å². The summed E-state index contributed by atoms with van der Waals surface area (Å²) in [6.45, 7) is 8.44. The Bertz CT molecular complexity index is 443. The van der Waals surface area contributed by atoms with Gasteiger partial charge in [0.05, 0.1) is 4.47 Å². The molecule has 0 radical (unpaired) electrons. The first-order valence-electron chi connectivity index (χ1n) is 5.70.